The number of hydrogen-bond donors (Lipinski definition) is 3. The summed E-state index contributed by atoms with van der Waals surface area (Å²) in [5.74, 6) is -1.40. The van der Waals surface area contributed by atoms with Crippen LogP contribution < -0.4 is 10.6 Å². The van der Waals surface area contributed by atoms with E-state index >= 15 is 0 Å². The Hall–Kier alpha value is -1.38. The van der Waals surface area contributed by atoms with Crippen LogP contribution in [0.15, 0.2) is 18.2 Å². The Kier molecular flexibility index (Phi) is 5.19. The Morgan fingerprint density at radius 1 is 1.24 bits per heavy atom. The third-order valence-corrected chi connectivity index (χ3v) is 4.60. The summed E-state index contributed by atoms with van der Waals surface area (Å²) in [6.45, 7) is 6.35. The van der Waals surface area contributed by atoms with E-state index in [1.54, 1.807) is 13.8 Å². The minimum absolute atomic E-state index is 0.391. The van der Waals surface area contributed by atoms with Crippen molar-refractivity contribution in [2.24, 2.45) is 5.41 Å². The number of carbonyl (C=O) groups excluding carboxylic acids is 1. The standard InChI is InChI=1S/C14H18FIN2O3/c1-13(2,11(19)20)14(3,4)18-12(21)17-10-6-5-8(15)7-9(10)16/h5-7H,1-4H3,(H,19,20)(H2,17,18,21). The van der Waals surface area contributed by atoms with E-state index < -0.39 is 28.8 Å². The van der Waals surface area contributed by atoms with Gasteiger partial charge in [0.2, 0.25) is 0 Å². The lowest BCUT2D eigenvalue weighted by molar-refractivity contribution is -0.150. The molecule has 0 aliphatic rings. The van der Waals surface area contributed by atoms with Crippen LogP contribution in [-0.4, -0.2) is 22.6 Å². The fourth-order valence-electron chi connectivity index (χ4n) is 1.45. The normalized spacial score (nSPS) is 11.9. The molecule has 0 bridgehead atoms. The largest absolute Gasteiger partial charge is 0.481 e. The third kappa shape index (κ3) is 4.05. The maximum atomic E-state index is 13.0. The van der Waals surface area contributed by atoms with Crippen LogP contribution in [0, 0.1) is 14.8 Å². The molecule has 2 amide bonds. The monoisotopic (exact) mass is 408 g/mol. The Morgan fingerprint density at radius 3 is 2.29 bits per heavy atom. The molecule has 3 N–H and O–H groups in total. The number of urea groups is 1. The van der Waals surface area contributed by atoms with Crippen LogP contribution in [0.1, 0.15) is 27.7 Å². The summed E-state index contributed by atoms with van der Waals surface area (Å²) < 4.78 is 13.6. The second kappa shape index (κ2) is 6.17. The molecule has 1 rings (SSSR count). The second-order valence-electron chi connectivity index (χ2n) is 5.76. The topological polar surface area (TPSA) is 78.4 Å². The molecule has 1 aromatic carbocycles. The number of anilines is 1. The van der Waals surface area contributed by atoms with Crippen molar-refractivity contribution >= 4 is 40.3 Å². The number of aliphatic carboxylic acids is 1. The zero-order chi connectivity index (χ0) is 16.4. The number of carboxylic acids is 1. The van der Waals surface area contributed by atoms with Crippen LogP contribution in [0.4, 0.5) is 14.9 Å². The molecule has 1 aromatic rings. The molecule has 0 spiro atoms. The average molecular weight is 408 g/mol. The first-order valence-electron chi connectivity index (χ1n) is 6.25. The van der Waals surface area contributed by atoms with Gasteiger partial charge in [-0.15, -0.1) is 0 Å². The number of nitrogens with one attached hydrogen (secondary N) is 2. The van der Waals surface area contributed by atoms with E-state index in [-0.39, 0.29) is 0 Å². The number of carboxylic acid groups (broad SMARTS) is 1. The van der Waals surface area contributed by atoms with E-state index in [2.05, 4.69) is 10.6 Å². The predicted octanol–water partition coefficient (Wildman–Crippen LogP) is 3.44. The van der Waals surface area contributed by atoms with Gasteiger partial charge in [0, 0.05) is 3.57 Å². The van der Waals surface area contributed by atoms with Gasteiger partial charge in [-0.3, -0.25) is 4.79 Å². The summed E-state index contributed by atoms with van der Waals surface area (Å²) in [5.41, 5.74) is -1.67. The first kappa shape index (κ1) is 17.7. The summed E-state index contributed by atoms with van der Waals surface area (Å²) in [5, 5.41) is 14.5. The summed E-state index contributed by atoms with van der Waals surface area (Å²) in [7, 11) is 0. The van der Waals surface area contributed by atoms with Gasteiger partial charge in [-0.25, -0.2) is 9.18 Å². The minimum Gasteiger partial charge on any atom is -0.481 e. The van der Waals surface area contributed by atoms with Crippen LogP contribution in [0.5, 0.6) is 0 Å². The highest BCUT2D eigenvalue weighted by atomic mass is 127. The van der Waals surface area contributed by atoms with Crippen LogP contribution in [0.25, 0.3) is 0 Å². The van der Waals surface area contributed by atoms with Crippen LogP contribution >= 0.6 is 22.6 Å². The molecule has 0 saturated carbocycles. The third-order valence-electron chi connectivity index (χ3n) is 3.70. The molecule has 21 heavy (non-hydrogen) atoms. The Balaban J connectivity index is 2.84. The zero-order valence-corrected chi connectivity index (χ0v) is 14.4. The lowest BCUT2D eigenvalue weighted by Gasteiger charge is -2.38. The number of carbonyl (C=O) groups is 2. The highest BCUT2D eigenvalue weighted by molar-refractivity contribution is 14.1. The van der Waals surface area contributed by atoms with Crippen molar-refractivity contribution in [3.8, 4) is 0 Å². The van der Waals surface area contributed by atoms with E-state index in [9.17, 15) is 19.1 Å². The lowest BCUT2D eigenvalue weighted by Crippen LogP contribution is -2.57. The Labute approximate surface area is 136 Å². The first-order valence-corrected chi connectivity index (χ1v) is 7.33. The van der Waals surface area contributed by atoms with Gasteiger partial charge in [-0.2, -0.15) is 0 Å². The van der Waals surface area contributed by atoms with Crippen molar-refractivity contribution in [2.75, 3.05) is 5.32 Å². The predicted molar refractivity (Wildman–Crippen MR) is 86.8 cm³/mol. The minimum atomic E-state index is -1.15. The molecule has 0 fully saturated rings. The molecular formula is C14H18FIN2O3. The molecule has 0 atom stereocenters. The van der Waals surface area contributed by atoms with Gasteiger partial charge in [-0.1, -0.05) is 0 Å². The summed E-state index contributed by atoms with van der Waals surface area (Å²) in [6, 6.07) is 3.44. The molecule has 0 radical (unpaired) electrons. The Bertz CT molecular complexity index is 573. The fourth-order valence-corrected chi connectivity index (χ4v) is 2.06. The number of halogens is 2. The van der Waals surface area contributed by atoms with E-state index in [0.29, 0.717) is 9.26 Å². The smallest absolute Gasteiger partial charge is 0.319 e. The number of amides is 2. The molecule has 5 nitrogen and oxygen atoms in total. The first-order chi connectivity index (χ1) is 9.47. The lowest BCUT2D eigenvalue weighted by atomic mass is 9.74. The van der Waals surface area contributed by atoms with Crippen molar-refractivity contribution in [1.29, 1.82) is 0 Å². The van der Waals surface area contributed by atoms with Gasteiger partial charge < -0.3 is 15.7 Å². The van der Waals surface area contributed by atoms with Gasteiger partial charge in [0.25, 0.3) is 0 Å². The average Bonchev–Trinajstić information content (AvgIpc) is 2.31. The van der Waals surface area contributed by atoms with Crippen molar-refractivity contribution < 1.29 is 19.1 Å². The molecule has 0 unspecified atom stereocenters. The quantitative estimate of drug-likeness (QED) is 0.668. The molecule has 0 aliphatic carbocycles. The molecule has 0 aliphatic heterocycles. The van der Waals surface area contributed by atoms with E-state index in [4.69, 9.17) is 0 Å². The van der Waals surface area contributed by atoms with Crippen LogP contribution in [-0.2, 0) is 4.79 Å². The van der Waals surface area contributed by atoms with E-state index in [1.807, 2.05) is 22.6 Å². The van der Waals surface area contributed by atoms with Gasteiger partial charge in [0.05, 0.1) is 16.6 Å². The van der Waals surface area contributed by atoms with Gasteiger partial charge in [0.15, 0.2) is 0 Å². The maximum Gasteiger partial charge on any atom is 0.319 e. The SMILES string of the molecule is CC(C)(NC(=O)Nc1ccc(F)cc1I)C(C)(C)C(=O)O. The van der Waals surface area contributed by atoms with Crippen molar-refractivity contribution in [3.05, 3.63) is 27.6 Å². The highest BCUT2D eigenvalue weighted by Gasteiger charge is 2.44. The van der Waals surface area contributed by atoms with Gasteiger partial charge in [-0.05, 0) is 68.5 Å². The maximum absolute atomic E-state index is 13.0. The Morgan fingerprint density at radius 2 is 1.81 bits per heavy atom. The summed E-state index contributed by atoms with van der Waals surface area (Å²) in [4.78, 5) is 23.3. The van der Waals surface area contributed by atoms with Crippen molar-refractivity contribution in [1.82, 2.24) is 5.32 Å². The molecule has 7 heteroatoms. The molecular weight excluding hydrogens is 390 g/mol. The van der Waals surface area contributed by atoms with Crippen molar-refractivity contribution in [2.45, 2.75) is 33.2 Å². The fraction of sp³-hybridized carbons (Fsp3) is 0.429. The molecule has 0 aromatic heterocycles. The summed E-state index contributed by atoms with van der Waals surface area (Å²) >= 11 is 1.91. The zero-order valence-electron chi connectivity index (χ0n) is 12.3. The highest BCUT2D eigenvalue weighted by Crippen LogP contribution is 2.31. The van der Waals surface area contributed by atoms with Crippen molar-refractivity contribution in [3.63, 3.8) is 0 Å². The summed E-state index contributed by atoms with van der Waals surface area (Å²) in [6.07, 6.45) is 0. The second-order valence-corrected chi connectivity index (χ2v) is 6.92. The number of rotatable bonds is 4. The van der Waals surface area contributed by atoms with Gasteiger partial charge in [0.1, 0.15) is 5.82 Å². The van der Waals surface area contributed by atoms with E-state index in [1.165, 1.54) is 32.0 Å². The number of hydrogen-bond acceptors (Lipinski definition) is 2. The van der Waals surface area contributed by atoms with Crippen LogP contribution in [0.3, 0.4) is 0 Å². The van der Waals surface area contributed by atoms with Gasteiger partial charge >= 0.3 is 12.0 Å². The molecule has 0 saturated heterocycles. The number of benzene rings is 1. The van der Waals surface area contributed by atoms with Crippen LogP contribution in [0.2, 0.25) is 0 Å². The van der Waals surface area contributed by atoms with E-state index in [0.717, 1.165) is 0 Å². The molecule has 116 valence electrons. The molecule has 0 heterocycles.